The fourth-order valence-corrected chi connectivity index (χ4v) is 5.24. The van der Waals surface area contributed by atoms with Gasteiger partial charge in [0.05, 0.1) is 26.2 Å². The predicted octanol–water partition coefficient (Wildman–Crippen LogP) is 2.62. The Morgan fingerprint density at radius 1 is 1.24 bits per heavy atom. The zero-order chi connectivity index (χ0) is 15.3. The fraction of sp³-hybridized carbons (Fsp3) is 0.688. The molecule has 0 bridgehead atoms. The topological polar surface area (TPSA) is 32.3 Å². The molecular weight excluding hydrogens is 282 g/mol. The fourth-order valence-electron chi connectivity index (χ4n) is 4.17. The van der Waals surface area contributed by atoms with Gasteiger partial charge < -0.3 is 0 Å². The number of likely N-dealkylation sites (N-methyl/N-ethyl adjacent to an activating group) is 1. The summed E-state index contributed by atoms with van der Waals surface area (Å²) < 4.78 is 0.487. The Morgan fingerprint density at radius 2 is 1.90 bits per heavy atom. The van der Waals surface area contributed by atoms with E-state index < -0.39 is 0 Å². The van der Waals surface area contributed by atoms with Crippen molar-refractivity contribution in [1.82, 2.24) is 10.2 Å². The zero-order valence-electron chi connectivity index (χ0n) is 13.5. The van der Waals surface area contributed by atoms with Gasteiger partial charge in [-0.05, 0) is 38.4 Å². The maximum atomic E-state index is 12.1. The smallest absolute Gasteiger partial charge is 0.299 e. The van der Waals surface area contributed by atoms with Gasteiger partial charge in [0.15, 0.2) is 0 Å². The summed E-state index contributed by atoms with van der Waals surface area (Å²) in [5.41, 5.74) is 0.221. The summed E-state index contributed by atoms with van der Waals surface area (Å²) in [7, 11) is 8.51. The number of amides is 2. The Bertz CT molecular complexity index is 528. The Labute approximate surface area is 131 Å². The molecule has 2 fully saturated rings. The van der Waals surface area contributed by atoms with E-state index in [1.165, 1.54) is 4.88 Å². The molecule has 21 heavy (non-hydrogen) atoms. The molecule has 1 aliphatic carbocycles. The van der Waals surface area contributed by atoms with Gasteiger partial charge in [0, 0.05) is 17.7 Å². The van der Waals surface area contributed by atoms with Crippen molar-refractivity contribution >= 4 is 17.4 Å². The SMILES string of the molecule is CN(C)C1(c2cccs2)CCC2(CC1)CNC(=O)[N+]2(C)C. The van der Waals surface area contributed by atoms with Crippen LogP contribution in [0, 0.1) is 0 Å². The van der Waals surface area contributed by atoms with Gasteiger partial charge >= 0.3 is 6.03 Å². The summed E-state index contributed by atoms with van der Waals surface area (Å²) in [5, 5.41) is 5.26. The maximum Gasteiger partial charge on any atom is 0.416 e. The average Bonchev–Trinajstić information content (AvgIpc) is 3.05. The summed E-state index contributed by atoms with van der Waals surface area (Å²) in [6.45, 7) is 0.826. The van der Waals surface area contributed by atoms with Gasteiger partial charge in [0.25, 0.3) is 0 Å². The number of quaternary nitrogens is 1. The summed E-state index contributed by atoms with van der Waals surface area (Å²) in [5.74, 6) is 0. The molecule has 1 aromatic heterocycles. The number of nitrogens with one attached hydrogen (secondary N) is 1. The molecule has 0 unspecified atom stereocenters. The summed E-state index contributed by atoms with van der Waals surface area (Å²) in [6, 6.07) is 4.58. The van der Waals surface area contributed by atoms with Crippen molar-refractivity contribution in [3.63, 3.8) is 0 Å². The van der Waals surface area contributed by atoms with Crippen molar-refractivity contribution in [1.29, 1.82) is 0 Å². The lowest BCUT2D eigenvalue weighted by Gasteiger charge is -2.50. The lowest BCUT2D eigenvalue weighted by molar-refractivity contribution is -0.857. The summed E-state index contributed by atoms with van der Waals surface area (Å²) >= 11 is 1.86. The van der Waals surface area contributed by atoms with E-state index >= 15 is 0 Å². The van der Waals surface area contributed by atoms with Gasteiger partial charge in [-0.15, -0.1) is 11.3 Å². The van der Waals surface area contributed by atoms with E-state index in [-0.39, 0.29) is 17.1 Å². The number of hydrogen-bond acceptors (Lipinski definition) is 3. The van der Waals surface area contributed by atoms with Crippen molar-refractivity contribution in [2.75, 3.05) is 34.7 Å². The number of thiophene rings is 1. The van der Waals surface area contributed by atoms with E-state index in [1.54, 1.807) is 0 Å². The number of carbonyl (C=O) groups is 1. The Kier molecular flexibility index (Phi) is 3.43. The van der Waals surface area contributed by atoms with Crippen LogP contribution in [0.2, 0.25) is 0 Å². The van der Waals surface area contributed by atoms with Crippen LogP contribution in [0.4, 0.5) is 4.79 Å². The second kappa shape index (κ2) is 4.80. The molecule has 1 saturated carbocycles. The van der Waals surface area contributed by atoms with Crippen LogP contribution in [-0.4, -0.2) is 55.7 Å². The first-order valence-electron chi connectivity index (χ1n) is 7.68. The molecule has 116 valence electrons. The van der Waals surface area contributed by atoms with Crippen LogP contribution in [-0.2, 0) is 5.54 Å². The maximum absolute atomic E-state index is 12.1. The van der Waals surface area contributed by atoms with Gasteiger partial charge in [-0.25, -0.2) is 9.28 Å². The Morgan fingerprint density at radius 3 is 2.33 bits per heavy atom. The van der Waals surface area contributed by atoms with Gasteiger partial charge in [-0.2, -0.15) is 0 Å². The second-order valence-electron chi connectivity index (χ2n) is 7.24. The molecule has 1 spiro atoms. The van der Waals surface area contributed by atoms with Crippen molar-refractivity contribution in [3.8, 4) is 0 Å². The quantitative estimate of drug-likeness (QED) is 0.852. The highest BCUT2D eigenvalue weighted by Gasteiger charge is 2.59. The number of nitrogens with zero attached hydrogens (tertiary/aromatic N) is 2. The van der Waals surface area contributed by atoms with E-state index in [2.05, 4.69) is 55.9 Å². The molecule has 2 aliphatic rings. The monoisotopic (exact) mass is 308 g/mol. The molecule has 3 rings (SSSR count). The molecule has 0 aromatic carbocycles. The molecular formula is C16H26N3OS+. The van der Waals surface area contributed by atoms with E-state index in [1.807, 2.05) is 11.3 Å². The minimum Gasteiger partial charge on any atom is -0.299 e. The van der Waals surface area contributed by atoms with Crippen molar-refractivity contribution in [2.45, 2.75) is 36.8 Å². The van der Waals surface area contributed by atoms with Crippen LogP contribution in [0.1, 0.15) is 30.6 Å². The van der Waals surface area contributed by atoms with E-state index in [0.717, 1.165) is 32.2 Å². The molecule has 1 aliphatic heterocycles. The highest BCUT2D eigenvalue weighted by atomic mass is 32.1. The first-order valence-corrected chi connectivity index (χ1v) is 8.56. The van der Waals surface area contributed by atoms with E-state index in [4.69, 9.17) is 0 Å². The first kappa shape index (κ1) is 15.0. The minimum atomic E-state index is 0.0772. The molecule has 1 N–H and O–H groups in total. The molecule has 1 aromatic rings. The van der Waals surface area contributed by atoms with Crippen molar-refractivity contribution in [2.24, 2.45) is 0 Å². The standard InChI is InChI=1S/C16H25N3OS/c1-18(2)16(13-6-5-11-21-13)9-7-15(8-10-16)12-17-14(20)19(15,3)4/h5-6,11H,7-10,12H2,1-4H3/p+1. The number of urea groups is 1. The second-order valence-corrected chi connectivity index (χ2v) is 8.19. The van der Waals surface area contributed by atoms with Gasteiger partial charge in [-0.3, -0.25) is 10.2 Å². The number of carbonyl (C=O) groups excluding carboxylic acids is 1. The summed E-state index contributed by atoms with van der Waals surface area (Å²) in [6.07, 6.45) is 4.43. The van der Waals surface area contributed by atoms with Gasteiger partial charge in [-0.1, -0.05) is 6.07 Å². The number of hydrogen-bond donors (Lipinski definition) is 1. The summed E-state index contributed by atoms with van der Waals surface area (Å²) in [4.78, 5) is 16.0. The van der Waals surface area contributed by atoms with Gasteiger partial charge in [0.1, 0.15) is 5.54 Å². The molecule has 0 radical (unpaired) electrons. The largest absolute Gasteiger partial charge is 0.416 e. The highest BCUT2D eigenvalue weighted by molar-refractivity contribution is 7.10. The molecule has 2 amide bonds. The third-order valence-corrected chi connectivity index (χ3v) is 7.17. The Hall–Kier alpha value is -0.910. The average molecular weight is 308 g/mol. The van der Waals surface area contributed by atoms with Gasteiger partial charge in [0.2, 0.25) is 0 Å². The molecule has 2 heterocycles. The third kappa shape index (κ3) is 1.98. The van der Waals surface area contributed by atoms with Crippen LogP contribution in [0.5, 0.6) is 0 Å². The highest BCUT2D eigenvalue weighted by Crippen LogP contribution is 2.49. The normalized spacial score (nSPS) is 35.4. The lowest BCUT2D eigenvalue weighted by atomic mass is 9.70. The van der Waals surface area contributed by atoms with Crippen molar-refractivity contribution in [3.05, 3.63) is 22.4 Å². The Balaban J connectivity index is 1.88. The van der Waals surface area contributed by atoms with Crippen LogP contribution in [0.3, 0.4) is 0 Å². The third-order valence-electron chi connectivity index (χ3n) is 6.11. The van der Waals surface area contributed by atoms with Crippen LogP contribution < -0.4 is 5.32 Å². The first-order chi connectivity index (χ1) is 9.84. The molecule has 0 atom stereocenters. The molecule has 4 nitrogen and oxygen atoms in total. The number of rotatable bonds is 2. The predicted molar refractivity (Wildman–Crippen MR) is 86.4 cm³/mol. The minimum absolute atomic E-state index is 0.0772. The van der Waals surface area contributed by atoms with E-state index in [0.29, 0.717) is 4.48 Å². The van der Waals surface area contributed by atoms with Crippen LogP contribution >= 0.6 is 11.3 Å². The van der Waals surface area contributed by atoms with Crippen LogP contribution in [0.15, 0.2) is 17.5 Å². The van der Waals surface area contributed by atoms with E-state index in [9.17, 15) is 4.79 Å². The van der Waals surface area contributed by atoms with Crippen molar-refractivity contribution < 1.29 is 9.28 Å². The zero-order valence-corrected chi connectivity index (χ0v) is 14.3. The lowest BCUT2D eigenvalue weighted by Crippen LogP contribution is -2.62. The molecule has 5 heteroatoms. The van der Waals surface area contributed by atoms with Crippen LogP contribution in [0.25, 0.3) is 0 Å². The molecule has 1 saturated heterocycles.